The van der Waals surface area contributed by atoms with Gasteiger partial charge in [0.05, 0.1) is 0 Å². The molecule has 0 fully saturated rings. The largest absolute Gasteiger partial charge is 0.356 e. The van der Waals surface area contributed by atoms with Crippen LogP contribution in [0.4, 0.5) is 0 Å². The first kappa shape index (κ1) is 17.5. The molecule has 1 aromatic rings. The molecule has 0 unspecified atom stereocenters. The van der Waals surface area contributed by atoms with Gasteiger partial charge in [0.1, 0.15) is 12.2 Å². The molecule has 6 heteroatoms. The minimum Gasteiger partial charge on any atom is -0.356 e. The van der Waals surface area contributed by atoms with E-state index in [9.17, 15) is 0 Å². The van der Waals surface area contributed by atoms with Crippen LogP contribution < -0.4 is 10.6 Å². The Kier molecular flexibility index (Phi) is 8.47. The number of nitrogens with zero attached hydrogens (tertiary/aromatic N) is 4. The standard InChI is InChI=1S/C15H30N6/c1-5-7-8-16-15(18-11-13(3)4)17-9-10-21-12-19-20-14(21)6-2/h12-13H,5-11H2,1-4H3,(H2,16,17,18). The number of hydrogen-bond acceptors (Lipinski definition) is 3. The van der Waals surface area contributed by atoms with Gasteiger partial charge >= 0.3 is 0 Å². The maximum absolute atomic E-state index is 4.61. The van der Waals surface area contributed by atoms with E-state index < -0.39 is 0 Å². The zero-order valence-electron chi connectivity index (χ0n) is 13.9. The van der Waals surface area contributed by atoms with E-state index in [-0.39, 0.29) is 0 Å². The van der Waals surface area contributed by atoms with Gasteiger partial charge in [0, 0.05) is 32.6 Å². The van der Waals surface area contributed by atoms with E-state index in [0.717, 1.165) is 50.8 Å². The lowest BCUT2D eigenvalue weighted by Crippen LogP contribution is -2.39. The van der Waals surface area contributed by atoms with E-state index in [0.29, 0.717) is 5.92 Å². The summed E-state index contributed by atoms with van der Waals surface area (Å²) in [6.45, 7) is 12.1. The second kappa shape index (κ2) is 10.2. The molecule has 2 N–H and O–H groups in total. The van der Waals surface area contributed by atoms with Gasteiger partial charge in [-0.05, 0) is 12.3 Å². The molecule has 0 aliphatic rings. The molecule has 0 aliphatic heterocycles. The highest BCUT2D eigenvalue weighted by Crippen LogP contribution is 1.95. The third-order valence-electron chi connectivity index (χ3n) is 3.09. The number of aromatic nitrogens is 3. The predicted molar refractivity (Wildman–Crippen MR) is 87.5 cm³/mol. The van der Waals surface area contributed by atoms with Gasteiger partial charge in [-0.1, -0.05) is 34.1 Å². The Morgan fingerprint density at radius 3 is 2.71 bits per heavy atom. The average molecular weight is 294 g/mol. The number of hydrogen-bond donors (Lipinski definition) is 2. The molecule has 120 valence electrons. The van der Waals surface area contributed by atoms with Crippen molar-refractivity contribution in [3.05, 3.63) is 12.2 Å². The average Bonchev–Trinajstić information content (AvgIpc) is 2.91. The van der Waals surface area contributed by atoms with Crippen LogP contribution in [0.3, 0.4) is 0 Å². The normalized spacial score (nSPS) is 12.0. The molecule has 0 spiro atoms. The van der Waals surface area contributed by atoms with Gasteiger partial charge in [0.25, 0.3) is 0 Å². The van der Waals surface area contributed by atoms with Crippen molar-refractivity contribution in [1.82, 2.24) is 25.4 Å². The van der Waals surface area contributed by atoms with E-state index >= 15 is 0 Å². The molecular formula is C15H30N6. The summed E-state index contributed by atoms with van der Waals surface area (Å²) >= 11 is 0. The number of aryl methyl sites for hydroxylation is 1. The Bertz CT molecular complexity index is 410. The van der Waals surface area contributed by atoms with Crippen LogP contribution in [0.2, 0.25) is 0 Å². The molecule has 1 heterocycles. The summed E-state index contributed by atoms with van der Waals surface area (Å²) < 4.78 is 2.08. The minimum atomic E-state index is 0.569. The van der Waals surface area contributed by atoms with E-state index in [2.05, 4.69) is 58.1 Å². The summed E-state index contributed by atoms with van der Waals surface area (Å²) in [4.78, 5) is 4.61. The second-order valence-corrected chi connectivity index (χ2v) is 5.58. The van der Waals surface area contributed by atoms with Gasteiger partial charge in [-0.15, -0.1) is 10.2 Å². The molecule has 0 saturated heterocycles. The van der Waals surface area contributed by atoms with Gasteiger partial charge in [0.2, 0.25) is 0 Å². The zero-order valence-corrected chi connectivity index (χ0v) is 13.9. The highest BCUT2D eigenvalue weighted by atomic mass is 15.3. The first-order valence-electron chi connectivity index (χ1n) is 8.06. The lowest BCUT2D eigenvalue weighted by molar-refractivity contribution is 0.620. The Labute approximate surface area is 128 Å². The molecule has 0 aliphatic carbocycles. The van der Waals surface area contributed by atoms with Crippen molar-refractivity contribution in [1.29, 1.82) is 0 Å². The van der Waals surface area contributed by atoms with Crippen molar-refractivity contribution in [2.24, 2.45) is 10.9 Å². The van der Waals surface area contributed by atoms with Crippen molar-refractivity contribution in [2.75, 3.05) is 19.6 Å². The summed E-state index contributed by atoms with van der Waals surface area (Å²) in [6.07, 6.45) is 5.04. The number of nitrogens with one attached hydrogen (secondary N) is 2. The molecule has 1 aromatic heterocycles. The first-order valence-corrected chi connectivity index (χ1v) is 8.06. The lowest BCUT2D eigenvalue weighted by atomic mass is 10.2. The Balaban J connectivity index is 2.42. The number of guanidine groups is 1. The highest BCUT2D eigenvalue weighted by molar-refractivity contribution is 5.79. The number of unbranched alkanes of at least 4 members (excludes halogenated alkanes) is 1. The van der Waals surface area contributed by atoms with Crippen LogP contribution in [0.1, 0.15) is 46.4 Å². The predicted octanol–water partition coefficient (Wildman–Crippen LogP) is 1.83. The first-order chi connectivity index (χ1) is 10.2. The molecule has 6 nitrogen and oxygen atoms in total. The van der Waals surface area contributed by atoms with Crippen LogP contribution in [0.5, 0.6) is 0 Å². The summed E-state index contributed by atoms with van der Waals surface area (Å²) in [5.74, 6) is 2.50. The Hall–Kier alpha value is -1.59. The molecule has 0 atom stereocenters. The molecule has 0 radical (unpaired) electrons. The van der Waals surface area contributed by atoms with Crippen molar-refractivity contribution in [3.63, 3.8) is 0 Å². The molecule has 0 amide bonds. The van der Waals surface area contributed by atoms with Gasteiger partial charge in [-0.3, -0.25) is 4.99 Å². The van der Waals surface area contributed by atoms with Gasteiger partial charge in [-0.2, -0.15) is 0 Å². The number of aliphatic imine (C=N–C) groups is 1. The fourth-order valence-corrected chi connectivity index (χ4v) is 1.87. The fraction of sp³-hybridized carbons (Fsp3) is 0.800. The van der Waals surface area contributed by atoms with Crippen LogP contribution in [0.15, 0.2) is 11.3 Å². The van der Waals surface area contributed by atoms with Gasteiger partial charge in [-0.25, -0.2) is 0 Å². The molecule has 21 heavy (non-hydrogen) atoms. The van der Waals surface area contributed by atoms with Gasteiger partial charge < -0.3 is 15.2 Å². The molecular weight excluding hydrogens is 264 g/mol. The second-order valence-electron chi connectivity index (χ2n) is 5.58. The summed E-state index contributed by atoms with van der Waals surface area (Å²) in [7, 11) is 0. The lowest BCUT2D eigenvalue weighted by Gasteiger charge is -2.13. The smallest absolute Gasteiger partial charge is 0.191 e. The van der Waals surface area contributed by atoms with Crippen LogP contribution >= 0.6 is 0 Å². The SMILES string of the molecule is CCCCNC(=NCC(C)C)NCCn1cnnc1CC. The quantitative estimate of drug-likeness (QED) is 0.414. The zero-order chi connectivity index (χ0) is 15.5. The van der Waals surface area contributed by atoms with Crippen molar-refractivity contribution < 1.29 is 0 Å². The third kappa shape index (κ3) is 7.11. The topological polar surface area (TPSA) is 67.1 Å². The van der Waals surface area contributed by atoms with E-state index in [1.807, 2.05) is 0 Å². The molecule has 1 rings (SSSR count). The van der Waals surface area contributed by atoms with Crippen LogP contribution in [0, 0.1) is 5.92 Å². The Morgan fingerprint density at radius 1 is 1.29 bits per heavy atom. The maximum Gasteiger partial charge on any atom is 0.191 e. The van der Waals surface area contributed by atoms with Crippen molar-refractivity contribution >= 4 is 5.96 Å². The number of rotatable bonds is 9. The summed E-state index contributed by atoms with van der Waals surface area (Å²) in [5, 5.41) is 14.8. The third-order valence-corrected chi connectivity index (χ3v) is 3.09. The van der Waals surface area contributed by atoms with Crippen LogP contribution in [0.25, 0.3) is 0 Å². The van der Waals surface area contributed by atoms with E-state index in [1.165, 1.54) is 6.42 Å². The molecule has 0 aromatic carbocycles. The van der Waals surface area contributed by atoms with E-state index in [4.69, 9.17) is 0 Å². The monoisotopic (exact) mass is 294 g/mol. The van der Waals surface area contributed by atoms with Crippen molar-refractivity contribution in [2.45, 2.75) is 53.5 Å². The summed E-state index contributed by atoms with van der Waals surface area (Å²) in [6, 6.07) is 0. The van der Waals surface area contributed by atoms with Crippen molar-refractivity contribution in [3.8, 4) is 0 Å². The molecule has 0 bridgehead atoms. The Morgan fingerprint density at radius 2 is 2.05 bits per heavy atom. The van der Waals surface area contributed by atoms with Crippen LogP contribution in [-0.2, 0) is 13.0 Å². The maximum atomic E-state index is 4.61. The molecule has 0 saturated carbocycles. The summed E-state index contributed by atoms with van der Waals surface area (Å²) in [5.41, 5.74) is 0. The highest BCUT2D eigenvalue weighted by Gasteiger charge is 2.02. The van der Waals surface area contributed by atoms with E-state index in [1.54, 1.807) is 6.33 Å². The fourth-order valence-electron chi connectivity index (χ4n) is 1.87. The van der Waals surface area contributed by atoms with Crippen LogP contribution in [-0.4, -0.2) is 40.4 Å². The van der Waals surface area contributed by atoms with Gasteiger partial charge in [0.15, 0.2) is 5.96 Å². The minimum absolute atomic E-state index is 0.569.